The molecule has 45 heavy (non-hydrogen) atoms. The van der Waals surface area contributed by atoms with Crippen LogP contribution in [0, 0.1) is 0 Å². The number of amides is 2. The summed E-state index contributed by atoms with van der Waals surface area (Å²) < 4.78 is 29.1. The number of nitrogens with zero attached hydrogens (tertiary/aromatic N) is 2. The van der Waals surface area contributed by atoms with Gasteiger partial charge >= 0.3 is 0 Å². The van der Waals surface area contributed by atoms with Crippen LogP contribution in [0.15, 0.2) is 108 Å². The summed E-state index contributed by atoms with van der Waals surface area (Å²) in [5.74, 6) is -0.971. The molecule has 0 aliphatic heterocycles. The molecule has 2 amide bonds. The standard InChI is InChI=1S/C34H34Cl3N3O4S/c1-3-24(2)38-34(42)32(20-25-12-6-4-7-13-25)39(22-26-14-10-11-17-29(26)35)33(41)23-40(27-18-19-30(36)31(37)21-27)45(43,44)28-15-8-5-9-16-28/h4-19,21,24,32H,3,20,22-23H2,1-2H3,(H,38,42)/t24-,32+/m0/s1. The van der Waals surface area contributed by atoms with Crippen LogP contribution in [0.1, 0.15) is 31.4 Å². The SMILES string of the molecule is CC[C@H](C)NC(=O)[C@@H](Cc1ccccc1)N(Cc1ccccc1Cl)C(=O)CN(c1ccc(Cl)c(Cl)c1)S(=O)(=O)c1ccccc1. The first-order valence-corrected chi connectivity index (χ1v) is 17.0. The van der Waals surface area contributed by atoms with Gasteiger partial charge in [-0.15, -0.1) is 0 Å². The second kappa shape index (κ2) is 15.6. The molecule has 0 saturated carbocycles. The number of rotatable bonds is 13. The normalized spacial score (nSPS) is 12.6. The van der Waals surface area contributed by atoms with Gasteiger partial charge in [-0.25, -0.2) is 8.42 Å². The van der Waals surface area contributed by atoms with Crippen molar-refractivity contribution in [2.24, 2.45) is 0 Å². The Balaban J connectivity index is 1.83. The molecule has 0 heterocycles. The lowest BCUT2D eigenvalue weighted by molar-refractivity contribution is -0.140. The van der Waals surface area contributed by atoms with E-state index in [4.69, 9.17) is 34.8 Å². The molecule has 0 bridgehead atoms. The lowest BCUT2D eigenvalue weighted by Crippen LogP contribution is -2.54. The van der Waals surface area contributed by atoms with Crippen LogP contribution >= 0.6 is 34.8 Å². The first-order valence-electron chi connectivity index (χ1n) is 14.4. The van der Waals surface area contributed by atoms with E-state index in [9.17, 15) is 18.0 Å². The molecule has 1 N–H and O–H groups in total. The van der Waals surface area contributed by atoms with Gasteiger partial charge in [-0.2, -0.15) is 0 Å². The molecule has 4 aromatic carbocycles. The van der Waals surface area contributed by atoms with Gasteiger partial charge in [-0.05, 0) is 60.9 Å². The topological polar surface area (TPSA) is 86.8 Å². The first kappa shape index (κ1) is 34.3. The molecule has 236 valence electrons. The molecule has 0 radical (unpaired) electrons. The number of benzene rings is 4. The Hall–Kier alpha value is -3.56. The van der Waals surface area contributed by atoms with Crippen LogP contribution in [0.4, 0.5) is 5.69 Å². The lowest BCUT2D eigenvalue weighted by Gasteiger charge is -2.34. The molecule has 4 rings (SSSR count). The molecule has 11 heteroatoms. The van der Waals surface area contributed by atoms with E-state index in [1.165, 1.54) is 35.2 Å². The van der Waals surface area contributed by atoms with Crippen LogP contribution in [0.25, 0.3) is 0 Å². The van der Waals surface area contributed by atoms with E-state index in [2.05, 4.69) is 5.32 Å². The molecular formula is C34H34Cl3N3O4S. The number of hydrogen-bond donors (Lipinski definition) is 1. The van der Waals surface area contributed by atoms with E-state index in [1.54, 1.807) is 42.5 Å². The number of nitrogens with one attached hydrogen (secondary N) is 1. The van der Waals surface area contributed by atoms with Crippen molar-refractivity contribution in [3.05, 3.63) is 129 Å². The van der Waals surface area contributed by atoms with Gasteiger partial charge in [-0.3, -0.25) is 13.9 Å². The zero-order valence-corrected chi connectivity index (χ0v) is 28.0. The van der Waals surface area contributed by atoms with Gasteiger partial charge in [0.05, 0.1) is 20.6 Å². The van der Waals surface area contributed by atoms with Crippen molar-refractivity contribution in [3.63, 3.8) is 0 Å². The fraction of sp³-hybridized carbons (Fsp3) is 0.235. The molecule has 0 aliphatic rings. The monoisotopic (exact) mass is 685 g/mol. The summed E-state index contributed by atoms with van der Waals surface area (Å²) in [4.78, 5) is 29.8. The Morgan fingerprint density at radius 1 is 0.800 bits per heavy atom. The number of hydrogen-bond acceptors (Lipinski definition) is 4. The molecule has 0 aromatic heterocycles. The maximum atomic E-state index is 14.5. The van der Waals surface area contributed by atoms with Crippen LogP contribution in [0.3, 0.4) is 0 Å². The number of carbonyl (C=O) groups excluding carboxylic acids is 2. The van der Waals surface area contributed by atoms with Crippen LogP contribution in [0.5, 0.6) is 0 Å². The van der Waals surface area contributed by atoms with E-state index in [0.717, 1.165) is 9.87 Å². The summed E-state index contributed by atoms with van der Waals surface area (Å²) >= 11 is 19.0. The number of sulfonamides is 1. The minimum absolute atomic E-state index is 0.0168. The quantitative estimate of drug-likeness (QED) is 0.159. The van der Waals surface area contributed by atoms with Crippen molar-refractivity contribution in [2.75, 3.05) is 10.8 Å². The molecule has 0 saturated heterocycles. The zero-order chi connectivity index (χ0) is 32.6. The summed E-state index contributed by atoms with van der Waals surface area (Å²) in [6, 6.07) is 27.4. The minimum atomic E-state index is -4.26. The summed E-state index contributed by atoms with van der Waals surface area (Å²) in [5.41, 5.74) is 1.58. The highest BCUT2D eigenvalue weighted by molar-refractivity contribution is 7.92. The number of carbonyl (C=O) groups is 2. The van der Waals surface area contributed by atoms with Gasteiger partial charge in [0, 0.05) is 24.0 Å². The fourth-order valence-electron chi connectivity index (χ4n) is 4.69. The molecule has 4 aromatic rings. The van der Waals surface area contributed by atoms with Crippen molar-refractivity contribution in [2.45, 2.75) is 50.2 Å². The second-order valence-electron chi connectivity index (χ2n) is 10.6. The third-order valence-electron chi connectivity index (χ3n) is 7.37. The third kappa shape index (κ3) is 8.79. The van der Waals surface area contributed by atoms with Crippen molar-refractivity contribution in [3.8, 4) is 0 Å². The van der Waals surface area contributed by atoms with E-state index in [0.29, 0.717) is 17.0 Å². The van der Waals surface area contributed by atoms with Crippen molar-refractivity contribution in [1.82, 2.24) is 10.2 Å². The molecule has 0 spiro atoms. The highest BCUT2D eigenvalue weighted by Gasteiger charge is 2.35. The van der Waals surface area contributed by atoms with E-state index >= 15 is 0 Å². The molecule has 2 atom stereocenters. The minimum Gasteiger partial charge on any atom is -0.352 e. The smallest absolute Gasteiger partial charge is 0.264 e. The van der Waals surface area contributed by atoms with Crippen LogP contribution in [-0.2, 0) is 32.6 Å². The average Bonchev–Trinajstić information content (AvgIpc) is 3.04. The second-order valence-corrected chi connectivity index (χ2v) is 13.6. The average molecular weight is 687 g/mol. The van der Waals surface area contributed by atoms with E-state index in [-0.39, 0.29) is 45.5 Å². The van der Waals surface area contributed by atoms with Crippen LogP contribution in [0.2, 0.25) is 15.1 Å². The Labute approximate surface area is 279 Å². The highest BCUT2D eigenvalue weighted by Crippen LogP contribution is 2.31. The summed E-state index contributed by atoms with van der Waals surface area (Å²) in [5, 5.41) is 3.78. The molecule has 0 aliphatic carbocycles. The van der Waals surface area contributed by atoms with Gasteiger partial charge in [0.2, 0.25) is 11.8 Å². The van der Waals surface area contributed by atoms with E-state index < -0.39 is 28.5 Å². The van der Waals surface area contributed by atoms with Gasteiger partial charge in [-0.1, -0.05) is 108 Å². The van der Waals surface area contributed by atoms with Crippen molar-refractivity contribution >= 4 is 62.3 Å². The van der Waals surface area contributed by atoms with Gasteiger partial charge < -0.3 is 10.2 Å². The van der Waals surface area contributed by atoms with Gasteiger partial charge in [0.15, 0.2) is 0 Å². The van der Waals surface area contributed by atoms with Crippen LogP contribution in [-0.4, -0.2) is 43.8 Å². The molecule has 7 nitrogen and oxygen atoms in total. The molecule has 0 unspecified atom stereocenters. The molecule has 0 fully saturated rings. The third-order valence-corrected chi connectivity index (χ3v) is 10.3. The summed E-state index contributed by atoms with van der Waals surface area (Å²) in [6.45, 7) is 3.18. The first-order chi connectivity index (χ1) is 21.5. The van der Waals surface area contributed by atoms with E-state index in [1.807, 2.05) is 44.2 Å². The fourth-order valence-corrected chi connectivity index (χ4v) is 6.61. The Bertz CT molecular complexity index is 1720. The molecular weight excluding hydrogens is 653 g/mol. The number of anilines is 1. The van der Waals surface area contributed by atoms with Gasteiger partial charge in [0.25, 0.3) is 10.0 Å². The largest absolute Gasteiger partial charge is 0.352 e. The van der Waals surface area contributed by atoms with Crippen molar-refractivity contribution in [1.29, 1.82) is 0 Å². The highest BCUT2D eigenvalue weighted by atomic mass is 35.5. The predicted octanol–water partition coefficient (Wildman–Crippen LogP) is 7.40. The summed E-state index contributed by atoms with van der Waals surface area (Å²) in [6.07, 6.45) is 0.875. The van der Waals surface area contributed by atoms with Crippen molar-refractivity contribution < 1.29 is 18.0 Å². The lowest BCUT2D eigenvalue weighted by atomic mass is 10.0. The Morgan fingerprint density at radius 3 is 2.04 bits per heavy atom. The predicted molar refractivity (Wildman–Crippen MR) is 181 cm³/mol. The van der Waals surface area contributed by atoms with Gasteiger partial charge in [0.1, 0.15) is 12.6 Å². The Kier molecular flexibility index (Phi) is 11.9. The Morgan fingerprint density at radius 2 is 1.42 bits per heavy atom. The zero-order valence-electron chi connectivity index (χ0n) is 24.9. The van der Waals surface area contributed by atoms with Crippen LogP contribution < -0.4 is 9.62 Å². The maximum Gasteiger partial charge on any atom is 0.264 e. The summed E-state index contributed by atoms with van der Waals surface area (Å²) in [7, 11) is -4.26. The number of halogens is 3. The maximum absolute atomic E-state index is 14.5.